The highest BCUT2D eigenvalue weighted by molar-refractivity contribution is 14.1. The number of hydrogen-bond donors (Lipinski definition) is 1. The lowest BCUT2D eigenvalue weighted by Crippen LogP contribution is -1.96. The van der Waals surface area contributed by atoms with Crippen molar-refractivity contribution in [1.82, 2.24) is 9.97 Å². The van der Waals surface area contributed by atoms with E-state index in [-0.39, 0.29) is 5.28 Å². The van der Waals surface area contributed by atoms with Crippen molar-refractivity contribution < 1.29 is 0 Å². The van der Waals surface area contributed by atoms with Gasteiger partial charge in [0.25, 0.3) is 0 Å². The van der Waals surface area contributed by atoms with Gasteiger partial charge in [-0.15, -0.1) is 0 Å². The van der Waals surface area contributed by atoms with E-state index < -0.39 is 0 Å². The molecular weight excluding hydrogens is 264 g/mol. The number of nitrogens with zero attached hydrogens (tertiary/aromatic N) is 2. The molecule has 0 aliphatic rings. The van der Waals surface area contributed by atoms with E-state index in [0.29, 0.717) is 0 Å². The van der Waals surface area contributed by atoms with E-state index in [4.69, 9.17) is 11.6 Å². The van der Waals surface area contributed by atoms with Crippen LogP contribution in [0.4, 0.5) is 5.82 Å². The van der Waals surface area contributed by atoms with E-state index in [1.807, 2.05) is 0 Å². The molecule has 0 aromatic carbocycles. The summed E-state index contributed by atoms with van der Waals surface area (Å²) in [6.07, 6.45) is 1.67. The first-order valence-corrected chi connectivity index (χ1v) is 4.05. The average molecular weight is 269 g/mol. The van der Waals surface area contributed by atoms with Crippen LogP contribution in [0.3, 0.4) is 0 Å². The Morgan fingerprint density at radius 3 is 2.90 bits per heavy atom. The zero-order valence-electron chi connectivity index (χ0n) is 5.23. The van der Waals surface area contributed by atoms with Crippen molar-refractivity contribution in [1.29, 1.82) is 0 Å². The molecule has 0 saturated carbocycles. The van der Waals surface area contributed by atoms with Gasteiger partial charge in [0.15, 0.2) is 0 Å². The van der Waals surface area contributed by atoms with Crippen LogP contribution in [0.5, 0.6) is 0 Å². The lowest BCUT2D eigenvalue weighted by atomic mass is 10.6. The average Bonchev–Trinajstić information content (AvgIpc) is 1.94. The number of aromatic nitrogens is 2. The molecule has 5 heteroatoms. The standard InChI is InChI=1S/C5H5ClIN3/c1-8-4-3(7)2-9-5(6)10-4/h2H,1H3,(H,8,9,10). The summed E-state index contributed by atoms with van der Waals surface area (Å²) in [4.78, 5) is 7.72. The van der Waals surface area contributed by atoms with Gasteiger partial charge in [-0.1, -0.05) is 0 Å². The summed E-state index contributed by atoms with van der Waals surface area (Å²) < 4.78 is 0.963. The summed E-state index contributed by atoms with van der Waals surface area (Å²) in [5.41, 5.74) is 0. The molecule has 0 aliphatic carbocycles. The van der Waals surface area contributed by atoms with Gasteiger partial charge in [0.05, 0.1) is 3.57 Å². The molecule has 1 heterocycles. The maximum absolute atomic E-state index is 5.53. The Morgan fingerprint density at radius 1 is 1.70 bits per heavy atom. The van der Waals surface area contributed by atoms with Crippen LogP contribution in [0, 0.1) is 3.57 Å². The van der Waals surface area contributed by atoms with Crippen molar-refractivity contribution in [2.45, 2.75) is 0 Å². The Hall–Kier alpha value is -0.100. The summed E-state index contributed by atoms with van der Waals surface area (Å²) in [7, 11) is 1.79. The van der Waals surface area contributed by atoms with Gasteiger partial charge in [0.2, 0.25) is 5.28 Å². The van der Waals surface area contributed by atoms with Crippen LogP contribution in [0.25, 0.3) is 0 Å². The Morgan fingerprint density at radius 2 is 2.40 bits per heavy atom. The second kappa shape index (κ2) is 3.34. The van der Waals surface area contributed by atoms with Gasteiger partial charge in [-0.05, 0) is 34.2 Å². The molecule has 0 fully saturated rings. The molecule has 0 atom stereocenters. The third kappa shape index (κ3) is 1.69. The number of hydrogen-bond acceptors (Lipinski definition) is 3. The number of rotatable bonds is 1. The van der Waals surface area contributed by atoms with Crippen molar-refractivity contribution in [3.05, 3.63) is 15.1 Å². The molecule has 10 heavy (non-hydrogen) atoms. The summed E-state index contributed by atoms with van der Waals surface area (Å²) in [5, 5.41) is 3.16. The van der Waals surface area contributed by atoms with Gasteiger partial charge in [-0.25, -0.2) is 4.98 Å². The molecule has 0 unspecified atom stereocenters. The van der Waals surface area contributed by atoms with Gasteiger partial charge >= 0.3 is 0 Å². The van der Waals surface area contributed by atoms with Crippen LogP contribution >= 0.6 is 34.2 Å². The molecule has 3 nitrogen and oxygen atoms in total. The zero-order chi connectivity index (χ0) is 7.56. The van der Waals surface area contributed by atoms with Gasteiger partial charge < -0.3 is 5.32 Å². The van der Waals surface area contributed by atoms with Gasteiger partial charge in [-0.3, -0.25) is 0 Å². The lowest BCUT2D eigenvalue weighted by molar-refractivity contribution is 1.14. The monoisotopic (exact) mass is 269 g/mol. The highest BCUT2D eigenvalue weighted by Gasteiger charge is 1.99. The van der Waals surface area contributed by atoms with Crippen LogP contribution in [0.15, 0.2) is 6.20 Å². The summed E-state index contributed by atoms with van der Waals surface area (Å²) in [5.74, 6) is 0.764. The molecule has 0 aliphatic heterocycles. The first kappa shape index (κ1) is 8.00. The van der Waals surface area contributed by atoms with Crippen LogP contribution < -0.4 is 5.32 Å². The molecule has 0 amide bonds. The van der Waals surface area contributed by atoms with Crippen molar-refractivity contribution in [2.75, 3.05) is 12.4 Å². The first-order chi connectivity index (χ1) is 4.74. The highest BCUT2D eigenvalue weighted by atomic mass is 127. The summed E-state index contributed by atoms with van der Waals surface area (Å²) in [6.45, 7) is 0. The van der Waals surface area contributed by atoms with Crippen molar-refractivity contribution in [3.8, 4) is 0 Å². The van der Waals surface area contributed by atoms with E-state index in [1.54, 1.807) is 13.2 Å². The third-order valence-corrected chi connectivity index (χ3v) is 1.92. The van der Waals surface area contributed by atoms with E-state index in [0.717, 1.165) is 9.39 Å². The van der Waals surface area contributed by atoms with E-state index in [9.17, 15) is 0 Å². The van der Waals surface area contributed by atoms with Gasteiger partial charge in [0.1, 0.15) is 5.82 Å². The minimum absolute atomic E-state index is 0.268. The molecule has 54 valence electrons. The SMILES string of the molecule is CNc1nc(Cl)ncc1I. The molecule has 0 radical (unpaired) electrons. The second-order valence-corrected chi connectivity index (χ2v) is 3.09. The van der Waals surface area contributed by atoms with Crippen molar-refractivity contribution in [2.24, 2.45) is 0 Å². The maximum atomic E-state index is 5.53. The number of nitrogens with one attached hydrogen (secondary N) is 1. The first-order valence-electron chi connectivity index (χ1n) is 2.60. The van der Waals surface area contributed by atoms with Crippen molar-refractivity contribution >= 4 is 40.0 Å². The van der Waals surface area contributed by atoms with Crippen LogP contribution in [0.2, 0.25) is 5.28 Å². The largest absolute Gasteiger partial charge is 0.372 e. The lowest BCUT2D eigenvalue weighted by Gasteiger charge is -1.99. The summed E-state index contributed by atoms with van der Waals surface area (Å²) >= 11 is 7.66. The Bertz CT molecular complexity index is 240. The molecular formula is C5H5ClIN3. The molecule has 1 aromatic rings. The quantitative estimate of drug-likeness (QED) is 0.624. The topological polar surface area (TPSA) is 37.8 Å². The number of halogens is 2. The smallest absolute Gasteiger partial charge is 0.224 e. The van der Waals surface area contributed by atoms with E-state index >= 15 is 0 Å². The molecule has 1 rings (SSSR count). The number of anilines is 1. The van der Waals surface area contributed by atoms with Crippen LogP contribution in [0.1, 0.15) is 0 Å². The highest BCUT2D eigenvalue weighted by Crippen LogP contribution is 2.14. The van der Waals surface area contributed by atoms with E-state index in [1.165, 1.54) is 0 Å². The third-order valence-electron chi connectivity index (χ3n) is 0.952. The predicted octanol–water partition coefficient (Wildman–Crippen LogP) is 1.78. The second-order valence-electron chi connectivity index (χ2n) is 1.59. The Labute approximate surface area is 77.4 Å². The molecule has 0 bridgehead atoms. The fraction of sp³-hybridized carbons (Fsp3) is 0.200. The fourth-order valence-corrected chi connectivity index (χ4v) is 1.18. The van der Waals surface area contributed by atoms with Gasteiger partial charge in [-0.2, -0.15) is 4.98 Å². The predicted molar refractivity (Wildman–Crippen MR) is 49.3 cm³/mol. The minimum atomic E-state index is 0.268. The van der Waals surface area contributed by atoms with E-state index in [2.05, 4.69) is 37.9 Å². The fourth-order valence-electron chi connectivity index (χ4n) is 0.521. The van der Waals surface area contributed by atoms with Gasteiger partial charge in [0, 0.05) is 13.2 Å². The van der Waals surface area contributed by atoms with Crippen molar-refractivity contribution in [3.63, 3.8) is 0 Å². The zero-order valence-corrected chi connectivity index (χ0v) is 8.14. The summed E-state index contributed by atoms with van der Waals surface area (Å²) in [6, 6.07) is 0. The molecule has 0 spiro atoms. The molecule has 0 saturated heterocycles. The minimum Gasteiger partial charge on any atom is -0.372 e. The molecule has 1 aromatic heterocycles. The van der Waals surface area contributed by atoms with Crippen LogP contribution in [-0.2, 0) is 0 Å². The Kier molecular flexibility index (Phi) is 2.67. The molecule has 1 N–H and O–H groups in total. The maximum Gasteiger partial charge on any atom is 0.224 e. The normalized spacial score (nSPS) is 9.50. The van der Waals surface area contributed by atoms with Crippen LogP contribution in [-0.4, -0.2) is 17.0 Å². The Balaban J connectivity index is 3.09.